The van der Waals surface area contributed by atoms with Gasteiger partial charge in [0.25, 0.3) is 0 Å². The molecule has 0 fully saturated rings. The van der Waals surface area contributed by atoms with Crippen molar-refractivity contribution >= 4 is 45.5 Å². The lowest BCUT2D eigenvalue weighted by Crippen LogP contribution is -2.15. The van der Waals surface area contributed by atoms with Gasteiger partial charge in [0.05, 0.1) is 25.6 Å². The van der Waals surface area contributed by atoms with Crippen LogP contribution in [0, 0.1) is 0 Å². The summed E-state index contributed by atoms with van der Waals surface area (Å²) >= 11 is 0. The Labute approximate surface area is 163 Å². The zero-order valence-electron chi connectivity index (χ0n) is 14.9. The van der Waals surface area contributed by atoms with Gasteiger partial charge in [-0.3, -0.25) is 0 Å². The molecule has 0 saturated carbocycles. The van der Waals surface area contributed by atoms with Crippen molar-refractivity contribution < 1.29 is 17.9 Å². The normalized spacial score (nSPS) is 13.7. The molecular formula is C18H21N3O4S2. The predicted molar refractivity (Wildman–Crippen MR) is 112 cm³/mol. The molecule has 0 radical (unpaired) electrons. The Morgan fingerprint density at radius 1 is 0.815 bits per heavy atom. The number of ether oxygens (including phenoxy) is 2. The van der Waals surface area contributed by atoms with E-state index in [1.54, 1.807) is 48.6 Å². The van der Waals surface area contributed by atoms with Gasteiger partial charge in [-0.2, -0.15) is 0 Å². The molecule has 2 unspecified atom stereocenters. The number of anilines is 2. The van der Waals surface area contributed by atoms with Gasteiger partial charge in [-0.25, -0.2) is 8.42 Å². The van der Waals surface area contributed by atoms with Gasteiger partial charge in [-0.1, -0.05) is 12.1 Å². The molecule has 0 spiro atoms. The Morgan fingerprint density at radius 2 is 1.22 bits per heavy atom. The van der Waals surface area contributed by atoms with E-state index in [0.717, 1.165) is 11.1 Å². The van der Waals surface area contributed by atoms with Crippen molar-refractivity contribution in [1.29, 1.82) is 0 Å². The van der Waals surface area contributed by atoms with Crippen LogP contribution >= 0.6 is 0 Å². The lowest BCUT2D eigenvalue weighted by Gasteiger charge is -2.04. The molecule has 0 heterocycles. The van der Waals surface area contributed by atoms with E-state index in [-0.39, 0.29) is 0 Å². The van der Waals surface area contributed by atoms with Crippen LogP contribution < -0.4 is 25.1 Å². The van der Waals surface area contributed by atoms with Crippen molar-refractivity contribution in [2.45, 2.75) is 0 Å². The van der Waals surface area contributed by atoms with Gasteiger partial charge in [0, 0.05) is 10.8 Å². The molecule has 9 heteroatoms. The van der Waals surface area contributed by atoms with Gasteiger partial charge >= 0.3 is 0 Å². The van der Waals surface area contributed by atoms with Crippen molar-refractivity contribution in [3.05, 3.63) is 58.3 Å². The highest BCUT2D eigenvalue weighted by atomic mass is 32.3. The summed E-state index contributed by atoms with van der Waals surface area (Å²) in [4.78, 5) is 0. The van der Waals surface area contributed by atoms with Crippen LogP contribution in [-0.2, 0) is 22.0 Å². The number of hydrogen-bond acceptors (Lipinski definition) is 6. The van der Waals surface area contributed by atoms with Crippen LogP contribution in [-0.4, -0.2) is 22.6 Å². The van der Waals surface area contributed by atoms with E-state index in [9.17, 15) is 8.42 Å². The molecule has 144 valence electrons. The van der Waals surface area contributed by atoms with Crippen LogP contribution in [0.25, 0.3) is 12.2 Å². The van der Waals surface area contributed by atoms with Crippen LogP contribution in [0.4, 0.5) is 11.4 Å². The molecule has 0 bridgehead atoms. The second-order valence-corrected chi connectivity index (χ2v) is 7.69. The first-order valence-corrected chi connectivity index (χ1v) is 10.2. The zero-order valence-corrected chi connectivity index (χ0v) is 16.5. The maximum absolute atomic E-state index is 12.0. The minimum absolute atomic E-state index is 0.476. The van der Waals surface area contributed by atoms with Gasteiger partial charge in [0.2, 0.25) is 0 Å². The molecule has 7 nitrogen and oxygen atoms in total. The molecule has 2 atom stereocenters. The second-order valence-electron chi connectivity index (χ2n) is 5.29. The van der Waals surface area contributed by atoms with Gasteiger partial charge in [-0.05, 0) is 47.5 Å². The lowest BCUT2D eigenvalue weighted by molar-refractivity contribution is 0.417. The highest BCUT2D eigenvalue weighted by Crippen LogP contribution is 2.23. The minimum atomic E-state index is -1.63. The molecular weight excluding hydrogens is 386 g/mol. The molecule has 0 amide bonds. The standard InChI is InChI=1S/C18H21N3O4S2/c1-24-17-5-3-13(11-15(17)19)7-9-26(22)21-27(23)10-8-14-4-6-18(25-2)16(20)12-14/h3-12,21H,19-20H2,1-2H3/b9-7-,10-8+. The third-order valence-electron chi connectivity index (χ3n) is 3.44. The first-order chi connectivity index (χ1) is 12.9. The van der Waals surface area contributed by atoms with Crippen LogP contribution in [0.3, 0.4) is 0 Å². The monoisotopic (exact) mass is 407 g/mol. The smallest absolute Gasteiger partial charge is 0.141 e. The first-order valence-electron chi connectivity index (χ1n) is 7.74. The van der Waals surface area contributed by atoms with Gasteiger partial charge in [0.15, 0.2) is 0 Å². The summed E-state index contributed by atoms with van der Waals surface area (Å²) in [5, 5.41) is 2.77. The first kappa shape index (κ1) is 20.7. The lowest BCUT2D eigenvalue weighted by atomic mass is 10.2. The summed E-state index contributed by atoms with van der Waals surface area (Å²) in [5.41, 5.74) is 14.1. The molecule has 2 aromatic rings. The average Bonchev–Trinajstić information content (AvgIpc) is 2.65. The quantitative estimate of drug-likeness (QED) is 0.579. The van der Waals surface area contributed by atoms with Crippen molar-refractivity contribution in [3.8, 4) is 11.5 Å². The fourth-order valence-electron chi connectivity index (χ4n) is 2.13. The Bertz CT molecular complexity index is 840. The van der Waals surface area contributed by atoms with Crippen molar-refractivity contribution in [2.24, 2.45) is 0 Å². The zero-order chi connectivity index (χ0) is 19.8. The SMILES string of the molecule is COc1ccc(/C=C\S(=O)NS(=O)/C=C/c2ccc(OC)c(N)c2)cc1N. The van der Waals surface area contributed by atoms with E-state index in [1.807, 2.05) is 0 Å². The molecule has 0 aliphatic heterocycles. The summed E-state index contributed by atoms with van der Waals surface area (Å²) in [7, 11) is -0.199. The summed E-state index contributed by atoms with van der Waals surface area (Å²) in [6.07, 6.45) is 3.23. The topological polar surface area (TPSA) is 117 Å². The number of benzene rings is 2. The Balaban J connectivity index is 1.94. The molecule has 2 rings (SSSR count). The van der Waals surface area contributed by atoms with E-state index in [1.165, 1.54) is 25.0 Å². The van der Waals surface area contributed by atoms with E-state index >= 15 is 0 Å². The van der Waals surface area contributed by atoms with Gasteiger partial charge in [0.1, 0.15) is 33.5 Å². The van der Waals surface area contributed by atoms with E-state index in [0.29, 0.717) is 22.9 Å². The fraction of sp³-hybridized carbons (Fsp3) is 0.111. The van der Waals surface area contributed by atoms with Crippen LogP contribution in [0.5, 0.6) is 11.5 Å². The molecule has 5 N–H and O–H groups in total. The summed E-state index contributed by atoms with van der Waals surface area (Å²) in [6.45, 7) is 0. The maximum atomic E-state index is 12.0. The van der Waals surface area contributed by atoms with Gasteiger partial charge < -0.3 is 20.9 Å². The Hall–Kier alpha value is -2.62. The Kier molecular flexibility index (Phi) is 7.59. The third-order valence-corrected chi connectivity index (χ3v) is 5.52. The largest absolute Gasteiger partial charge is 0.495 e. The van der Waals surface area contributed by atoms with Crippen molar-refractivity contribution in [1.82, 2.24) is 4.13 Å². The van der Waals surface area contributed by atoms with Crippen molar-refractivity contribution in [3.63, 3.8) is 0 Å². The van der Waals surface area contributed by atoms with E-state index in [2.05, 4.69) is 4.13 Å². The summed E-state index contributed by atoms with van der Waals surface area (Å²) in [6, 6.07) is 10.4. The minimum Gasteiger partial charge on any atom is -0.495 e. The molecule has 0 aromatic heterocycles. The number of nitrogen functional groups attached to an aromatic ring is 2. The maximum Gasteiger partial charge on any atom is 0.141 e. The number of methoxy groups -OCH3 is 2. The number of nitrogens with two attached hydrogens (primary N) is 2. The molecule has 27 heavy (non-hydrogen) atoms. The Morgan fingerprint density at radius 3 is 1.56 bits per heavy atom. The third kappa shape index (κ3) is 6.24. The van der Waals surface area contributed by atoms with Crippen LogP contribution in [0.1, 0.15) is 11.1 Å². The highest BCUT2D eigenvalue weighted by Gasteiger charge is 2.02. The number of rotatable bonds is 8. The molecule has 0 aliphatic rings. The average molecular weight is 408 g/mol. The molecule has 0 aliphatic carbocycles. The van der Waals surface area contributed by atoms with Crippen molar-refractivity contribution in [2.75, 3.05) is 25.7 Å². The second kappa shape index (κ2) is 9.91. The predicted octanol–water partition coefficient (Wildman–Crippen LogP) is 2.43. The van der Waals surface area contributed by atoms with Gasteiger partial charge in [-0.15, -0.1) is 4.13 Å². The highest BCUT2D eigenvalue weighted by molar-refractivity contribution is 8.01. The van der Waals surface area contributed by atoms with Crippen LogP contribution in [0.15, 0.2) is 47.2 Å². The number of hydrogen-bond donors (Lipinski definition) is 3. The van der Waals surface area contributed by atoms with E-state index in [4.69, 9.17) is 20.9 Å². The molecule has 2 aromatic carbocycles. The molecule has 0 saturated heterocycles. The number of nitrogens with one attached hydrogen (secondary N) is 1. The summed E-state index contributed by atoms with van der Waals surface area (Å²) in [5.74, 6) is 1.13. The van der Waals surface area contributed by atoms with Crippen LogP contribution in [0.2, 0.25) is 0 Å². The fourth-order valence-corrected chi connectivity index (χ4v) is 3.78. The van der Waals surface area contributed by atoms with E-state index < -0.39 is 22.0 Å². The summed E-state index contributed by atoms with van der Waals surface area (Å²) < 4.78 is 36.6.